The number of hydrogen-bond acceptors (Lipinski definition) is 1. The van der Waals surface area contributed by atoms with Crippen LogP contribution in [0, 0.1) is 5.41 Å². The van der Waals surface area contributed by atoms with Gasteiger partial charge in [0.1, 0.15) is 0 Å². The lowest BCUT2D eigenvalue weighted by Gasteiger charge is -2.22. The number of hydrogen-bond donors (Lipinski definition) is 2. The molecule has 0 aromatic heterocycles. The average Bonchev–Trinajstić information content (AvgIpc) is 2.47. The van der Waals surface area contributed by atoms with Crippen molar-refractivity contribution in [3.63, 3.8) is 0 Å². The van der Waals surface area contributed by atoms with Gasteiger partial charge in [-0.05, 0) is 29.5 Å². The van der Waals surface area contributed by atoms with Crippen molar-refractivity contribution in [1.29, 1.82) is 0 Å². The Hall–Kier alpha value is -1.56. The molecule has 0 amide bonds. The third-order valence-corrected chi connectivity index (χ3v) is 3.25. The van der Waals surface area contributed by atoms with E-state index in [9.17, 15) is 0 Å². The normalized spacial score (nSPS) is 11.6. The Morgan fingerprint density at radius 3 is 2.14 bits per heavy atom. The van der Waals surface area contributed by atoms with Crippen molar-refractivity contribution in [3.8, 4) is 0 Å². The standard InChI is InChI=1S/C18H23N3.HI/c1-18(2,13-15-9-5-3-6-10-15)14-20-17(19)21-16-11-7-4-8-12-16;/h3-12H,13-14H2,1-2H3,(H3,19,20,21);1H. The van der Waals surface area contributed by atoms with Gasteiger partial charge in [0, 0.05) is 12.2 Å². The number of rotatable bonds is 5. The molecule has 0 saturated carbocycles. The van der Waals surface area contributed by atoms with Gasteiger partial charge in [-0.15, -0.1) is 24.0 Å². The number of anilines is 1. The van der Waals surface area contributed by atoms with Gasteiger partial charge in [0.2, 0.25) is 0 Å². The van der Waals surface area contributed by atoms with Crippen LogP contribution in [0.3, 0.4) is 0 Å². The molecule has 0 heterocycles. The minimum Gasteiger partial charge on any atom is -0.370 e. The molecule has 3 N–H and O–H groups in total. The molecule has 0 fully saturated rings. The van der Waals surface area contributed by atoms with Gasteiger partial charge in [0.05, 0.1) is 0 Å². The van der Waals surface area contributed by atoms with Crippen LogP contribution < -0.4 is 11.1 Å². The highest BCUT2D eigenvalue weighted by atomic mass is 127. The van der Waals surface area contributed by atoms with Crippen LogP contribution in [0.5, 0.6) is 0 Å². The zero-order chi connectivity index (χ0) is 15.1. The molecular weight excluding hydrogens is 385 g/mol. The molecule has 22 heavy (non-hydrogen) atoms. The second-order valence-corrected chi connectivity index (χ2v) is 6.02. The van der Waals surface area contributed by atoms with Gasteiger partial charge >= 0.3 is 0 Å². The molecule has 0 saturated heterocycles. The molecule has 0 aliphatic heterocycles. The SMILES string of the molecule is CC(C)(CN=C(N)Nc1ccccc1)Cc1ccccc1.I. The van der Waals surface area contributed by atoms with Crippen LogP contribution in [0.1, 0.15) is 19.4 Å². The first kappa shape index (κ1) is 18.5. The maximum Gasteiger partial charge on any atom is 0.193 e. The predicted molar refractivity (Wildman–Crippen MR) is 106 cm³/mol. The van der Waals surface area contributed by atoms with Gasteiger partial charge in [-0.2, -0.15) is 0 Å². The molecule has 2 rings (SSSR count). The maximum atomic E-state index is 5.95. The number of benzene rings is 2. The lowest BCUT2D eigenvalue weighted by molar-refractivity contribution is 0.378. The number of aliphatic imine (C=N–C) groups is 1. The van der Waals surface area contributed by atoms with Crippen LogP contribution in [-0.2, 0) is 6.42 Å². The lowest BCUT2D eigenvalue weighted by Crippen LogP contribution is -2.26. The Balaban J connectivity index is 0.00000242. The lowest BCUT2D eigenvalue weighted by atomic mass is 9.86. The largest absolute Gasteiger partial charge is 0.370 e. The summed E-state index contributed by atoms with van der Waals surface area (Å²) in [7, 11) is 0. The molecule has 0 aliphatic rings. The van der Waals surface area contributed by atoms with Gasteiger partial charge in [-0.1, -0.05) is 62.4 Å². The van der Waals surface area contributed by atoms with E-state index in [1.807, 2.05) is 36.4 Å². The molecule has 2 aromatic carbocycles. The minimum atomic E-state index is 0. The summed E-state index contributed by atoms with van der Waals surface area (Å²) in [6, 6.07) is 20.3. The van der Waals surface area contributed by atoms with Crippen molar-refractivity contribution < 1.29 is 0 Å². The quantitative estimate of drug-likeness (QED) is 0.440. The maximum absolute atomic E-state index is 5.95. The zero-order valence-electron chi connectivity index (χ0n) is 13.1. The number of nitrogens with one attached hydrogen (secondary N) is 1. The molecule has 2 aromatic rings. The number of guanidine groups is 1. The Morgan fingerprint density at radius 1 is 1.00 bits per heavy atom. The third kappa shape index (κ3) is 6.47. The summed E-state index contributed by atoms with van der Waals surface area (Å²) in [5, 5.41) is 3.11. The molecule has 118 valence electrons. The fraction of sp³-hybridized carbons (Fsp3) is 0.278. The number of halogens is 1. The second kappa shape index (κ2) is 8.78. The van der Waals surface area contributed by atoms with E-state index in [0.29, 0.717) is 12.5 Å². The topological polar surface area (TPSA) is 50.4 Å². The summed E-state index contributed by atoms with van der Waals surface area (Å²) in [5.74, 6) is 0.460. The molecule has 3 nitrogen and oxygen atoms in total. The molecule has 4 heteroatoms. The molecule has 0 aliphatic carbocycles. The average molecular weight is 409 g/mol. The summed E-state index contributed by atoms with van der Waals surface area (Å²) in [4.78, 5) is 4.47. The van der Waals surface area contributed by atoms with E-state index in [1.54, 1.807) is 0 Å². The fourth-order valence-corrected chi connectivity index (χ4v) is 2.21. The van der Waals surface area contributed by atoms with Crippen LogP contribution in [0.4, 0.5) is 5.69 Å². The summed E-state index contributed by atoms with van der Waals surface area (Å²) in [6.07, 6.45) is 0.982. The van der Waals surface area contributed by atoms with E-state index in [-0.39, 0.29) is 29.4 Å². The van der Waals surface area contributed by atoms with E-state index in [2.05, 4.69) is 48.4 Å². The fourth-order valence-electron chi connectivity index (χ4n) is 2.21. The van der Waals surface area contributed by atoms with Crippen LogP contribution >= 0.6 is 24.0 Å². The molecule has 0 atom stereocenters. The highest BCUT2D eigenvalue weighted by molar-refractivity contribution is 14.0. The number of nitrogens with zero attached hydrogens (tertiary/aromatic N) is 1. The minimum absolute atomic E-state index is 0. The Labute approximate surface area is 150 Å². The van der Waals surface area contributed by atoms with Gasteiger partial charge in [0.15, 0.2) is 5.96 Å². The van der Waals surface area contributed by atoms with E-state index >= 15 is 0 Å². The van der Waals surface area contributed by atoms with Crippen LogP contribution in [0.15, 0.2) is 65.7 Å². The summed E-state index contributed by atoms with van der Waals surface area (Å²) in [6.45, 7) is 5.10. The van der Waals surface area contributed by atoms with Crippen molar-refractivity contribution in [1.82, 2.24) is 0 Å². The van der Waals surface area contributed by atoms with Gasteiger partial charge in [-0.3, -0.25) is 4.99 Å². The third-order valence-electron chi connectivity index (χ3n) is 3.25. The van der Waals surface area contributed by atoms with Gasteiger partial charge < -0.3 is 11.1 Å². The van der Waals surface area contributed by atoms with Crippen molar-refractivity contribution >= 4 is 35.6 Å². The molecule has 0 spiro atoms. The van der Waals surface area contributed by atoms with E-state index < -0.39 is 0 Å². The van der Waals surface area contributed by atoms with Gasteiger partial charge in [-0.25, -0.2) is 0 Å². The Kier molecular flexibility index (Phi) is 7.38. The highest BCUT2D eigenvalue weighted by Crippen LogP contribution is 2.22. The Morgan fingerprint density at radius 2 is 1.55 bits per heavy atom. The van der Waals surface area contributed by atoms with Crippen LogP contribution in [0.2, 0.25) is 0 Å². The second-order valence-electron chi connectivity index (χ2n) is 6.02. The van der Waals surface area contributed by atoms with Gasteiger partial charge in [0.25, 0.3) is 0 Å². The highest BCUT2D eigenvalue weighted by Gasteiger charge is 2.18. The zero-order valence-corrected chi connectivity index (χ0v) is 15.5. The molecule has 0 bridgehead atoms. The van der Waals surface area contributed by atoms with Crippen LogP contribution in [-0.4, -0.2) is 12.5 Å². The molecular formula is C18H24IN3. The first-order chi connectivity index (χ1) is 10.1. The van der Waals surface area contributed by atoms with Crippen molar-refractivity contribution in [2.75, 3.05) is 11.9 Å². The summed E-state index contributed by atoms with van der Waals surface area (Å²) in [5.41, 5.74) is 8.30. The smallest absolute Gasteiger partial charge is 0.193 e. The summed E-state index contributed by atoms with van der Waals surface area (Å²) < 4.78 is 0. The summed E-state index contributed by atoms with van der Waals surface area (Å²) >= 11 is 0. The van der Waals surface area contributed by atoms with Crippen LogP contribution in [0.25, 0.3) is 0 Å². The monoisotopic (exact) mass is 409 g/mol. The Bertz CT molecular complexity index is 580. The first-order valence-corrected chi connectivity index (χ1v) is 7.21. The molecule has 0 radical (unpaired) electrons. The van der Waals surface area contributed by atoms with E-state index in [0.717, 1.165) is 12.1 Å². The van der Waals surface area contributed by atoms with Crippen molar-refractivity contribution in [2.24, 2.45) is 16.1 Å². The van der Waals surface area contributed by atoms with Crippen molar-refractivity contribution in [2.45, 2.75) is 20.3 Å². The number of para-hydroxylation sites is 1. The first-order valence-electron chi connectivity index (χ1n) is 7.21. The van der Waals surface area contributed by atoms with Crippen molar-refractivity contribution in [3.05, 3.63) is 66.2 Å². The molecule has 0 unspecified atom stereocenters. The van der Waals surface area contributed by atoms with E-state index in [4.69, 9.17) is 5.73 Å². The predicted octanol–water partition coefficient (Wildman–Crippen LogP) is 4.30. The van der Waals surface area contributed by atoms with E-state index in [1.165, 1.54) is 5.56 Å². The number of nitrogens with two attached hydrogens (primary N) is 1.